The minimum atomic E-state index is 0.860. The summed E-state index contributed by atoms with van der Waals surface area (Å²) in [6.07, 6.45) is 9.83. The van der Waals surface area contributed by atoms with Crippen LogP contribution in [0.5, 0.6) is 0 Å². The van der Waals surface area contributed by atoms with Crippen molar-refractivity contribution < 1.29 is 0 Å². The van der Waals surface area contributed by atoms with Crippen molar-refractivity contribution in [2.45, 2.75) is 39.5 Å². The van der Waals surface area contributed by atoms with Gasteiger partial charge in [-0.1, -0.05) is 20.3 Å². The summed E-state index contributed by atoms with van der Waals surface area (Å²) in [5, 5.41) is 0. The molecule has 0 nitrogen and oxygen atoms in total. The van der Waals surface area contributed by atoms with Crippen molar-refractivity contribution in [3.05, 3.63) is 0 Å². The number of unbranched alkanes of at least 4 members (excludes halogenated alkanes) is 1. The Labute approximate surface area is 58.7 Å². The lowest BCUT2D eigenvalue weighted by Crippen LogP contribution is -1.90. The molecule has 52 valence electrons. The van der Waals surface area contributed by atoms with Gasteiger partial charge in [-0.15, -0.1) is 12.3 Å². The standard InChI is InChI=1S/C9H16/c1-4-6-7-8-9(3)5-2/h1,9H,5-8H2,2-3H3. The average Bonchev–Trinajstić information content (AvgIpc) is 1.89. The largest absolute Gasteiger partial charge is 0.120 e. The molecule has 0 bridgehead atoms. The highest BCUT2D eigenvalue weighted by molar-refractivity contribution is 4.82. The molecule has 0 aliphatic carbocycles. The zero-order valence-corrected chi connectivity index (χ0v) is 6.48. The third-order valence-electron chi connectivity index (χ3n) is 1.71. The predicted octanol–water partition coefficient (Wildman–Crippen LogP) is 2.84. The maximum atomic E-state index is 5.11. The Balaban J connectivity index is 2.99. The summed E-state index contributed by atoms with van der Waals surface area (Å²) >= 11 is 0. The molecule has 0 aliphatic heterocycles. The Morgan fingerprint density at radius 1 is 1.56 bits per heavy atom. The maximum absolute atomic E-state index is 5.11. The highest BCUT2D eigenvalue weighted by atomic mass is 14.0. The van der Waals surface area contributed by atoms with Crippen LogP contribution in [-0.4, -0.2) is 0 Å². The highest BCUT2D eigenvalue weighted by Crippen LogP contribution is 2.09. The van der Waals surface area contributed by atoms with Crippen LogP contribution in [-0.2, 0) is 0 Å². The van der Waals surface area contributed by atoms with Gasteiger partial charge in [-0.25, -0.2) is 0 Å². The summed E-state index contributed by atoms with van der Waals surface area (Å²) in [4.78, 5) is 0. The molecule has 0 rings (SSSR count). The smallest absolute Gasteiger partial charge is 0.00861 e. The first-order valence-electron chi connectivity index (χ1n) is 3.74. The fraction of sp³-hybridized carbons (Fsp3) is 0.778. The van der Waals surface area contributed by atoms with Crippen molar-refractivity contribution in [1.29, 1.82) is 0 Å². The van der Waals surface area contributed by atoms with Crippen molar-refractivity contribution in [3.8, 4) is 12.3 Å². The quantitative estimate of drug-likeness (QED) is 0.399. The van der Waals surface area contributed by atoms with Crippen molar-refractivity contribution >= 4 is 0 Å². The topological polar surface area (TPSA) is 0 Å². The highest BCUT2D eigenvalue weighted by Gasteiger charge is 1.95. The number of terminal acetylenes is 1. The van der Waals surface area contributed by atoms with E-state index in [1.807, 2.05) is 0 Å². The van der Waals surface area contributed by atoms with Crippen LogP contribution in [0.25, 0.3) is 0 Å². The predicted molar refractivity (Wildman–Crippen MR) is 42.1 cm³/mol. The van der Waals surface area contributed by atoms with E-state index >= 15 is 0 Å². The van der Waals surface area contributed by atoms with E-state index in [0.717, 1.165) is 12.3 Å². The Kier molecular flexibility index (Phi) is 5.41. The molecule has 1 unspecified atom stereocenters. The molecule has 0 aromatic rings. The minimum absolute atomic E-state index is 0.860. The third-order valence-corrected chi connectivity index (χ3v) is 1.71. The summed E-state index contributed by atoms with van der Waals surface area (Å²) in [5.41, 5.74) is 0. The Morgan fingerprint density at radius 3 is 2.67 bits per heavy atom. The van der Waals surface area contributed by atoms with Crippen LogP contribution in [0.3, 0.4) is 0 Å². The second-order valence-corrected chi connectivity index (χ2v) is 2.61. The average molecular weight is 124 g/mol. The normalized spacial score (nSPS) is 12.6. The zero-order chi connectivity index (χ0) is 7.11. The second kappa shape index (κ2) is 5.69. The lowest BCUT2D eigenvalue weighted by molar-refractivity contribution is 0.500. The fourth-order valence-corrected chi connectivity index (χ4v) is 0.757. The van der Waals surface area contributed by atoms with Crippen LogP contribution >= 0.6 is 0 Å². The van der Waals surface area contributed by atoms with E-state index in [4.69, 9.17) is 6.42 Å². The minimum Gasteiger partial charge on any atom is -0.120 e. The van der Waals surface area contributed by atoms with Gasteiger partial charge in [0.05, 0.1) is 0 Å². The Hall–Kier alpha value is -0.440. The maximum Gasteiger partial charge on any atom is 0.00861 e. The van der Waals surface area contributed by atoms with Gasteiger partial charge in [-0.2, -0.15) is 0 Å². The van der Waals surface area contributed by atoms with E-state index in [0.29, 0.717) is 0 Å². The first kappa shape index (κ1) is 8.56. The monoisotopic (exact) mass is 124 g/mol. The van der Waals surface area contributed by atoms with Gasteiger partial charge < -0.3 is 0 Å². The van der Waals surface area contributed by atoms with E-state index in [9.17, 15) is 0 Å². The number of rotatable bonds is 4. The molecule has 0 heterocycles. The van der Waals surface area contributed by atoms with Crippen molar-refractivity contribution in [2.24, 2.45) is 5.92 Å². The molecule has 0 N–H and O–H groups in total. The molecule has 0 aliphatic rings. The lowest BCUT2D eigenvalue weighted by atomic mass is 10.0. The zero-order valence-electron chi connectivity index (χ0n) is 6.48. The first-order chi connectivity index (χ1) is 4.31. The molecule has 9 heavy (non-hydrogen) atoms. The molecule has 1 atom stereocenters. The molecule has 0 radical (unpaired) electrons. The second-order valence-electron chi connectivity index (χ2n) is 2.61. The first-order valence-corrected chi connectivity index (χ1v) is 3.74. The van der Waals surface area contributed by atoms with Gasteiger partial charge in [0, 0.05) is 6.42 Å². The van der Waals surface area contributed by atoms with Gasteiger partial charge in [0.1, 0.15) is 0 Å². The van der Waals surface area contributed by atoms with E-state index in [1.165, 1.54) is 19.3 Å². The van der Waals surface area contributed by atoms with Gasteiger partial charge in [-0.3, -0.25) is 0 Å². The molecular weight excluding hydrogens is 108 g/mol. The molecule has 0 fully saturated rings. The van der Waals surface area contributed by atoms with Crippen LogP contribution < -0.4 is 0 Å². The van der Waals surface area contributed by atoms with Crippen LogP contribution in [0.1, 0.15) is 39.5 Å². The number of hydrogen-bond acceptors (Lipinski definition) is 0. The van der Waals surface area contributed by atoms with E-state index in [2.05, 4.69) is 19.8 Å². The van der Waals surface area contributed by atoms with Crippen LogP contribution in [0.2, 0.25) is 0 Å². The van der Waals surface area contributed by atoms with Crippen molar-refractivity contribution in [1.82, 2.24) is 0 Å². The number of hydrogen-bond donors (Lipinski definition) is 0. The molecule has 0 saturated carbocycles. The SMILES string of the molecule is C#CCCCC(C)CC. The summed E-state index contributed by atoms with van der Waals surface area (Å²) in [5.74, 6) is 3.51. The molecule has 0 aromatic carbocycles. The molecule has 0 saturated heterocycles. The molecule has 0 spiro atoms. The van der Waals surface area contributed by atoms with Crippen molar-refractivity contribution in [2.75, 3.05) is 0 Å². The summed E-state index contributed by atoms with van der Waals surface area (Å²) < 4.78 is 0. The van der Waals surface area contributed by atoms with E-state index < -0.39 is 0 Å². The lowest BCUT2D eigenvalue weighted by Gasteiger charge is -2.04. The van der Waals surface area contributed by atoms with E-state index in [-0.39, 0.29) is 0 Å². The summed E-state index contributed by atoms with van der Waals surface area (Å²) in [6.45, 7) is 4.50. The molecular formula is C9H16. The van der Waals surface area contributed by atoms with E-state index in [1.54, 1.807) is 0 Å². The summed E-state index contributed by atoms with van der Waals surface area (Å²) in [7, 11) is 0. The van der Waals surface area contributed by atoms with Crippen LogP contribution in [0.4, 0.5) is 0 Å². The Bertz CT molecular complexity index is 86.7. The van der Waals surface area contributed by atoms with Gasteiger partial charge >= 0.3 is 0 Å². The van der Waals surface area contributed by atoms with Crippen molar-refractivity contribution in [3.63, 3.8) is 0 Å². The molecule has 0 aromatic heterocycles. The Morgan fingerprint density at radius 2 is 2.22 bits per heavy atom. The fourth-order valence-electron chi connectivity index (χ4n) is 0.757. The third kappa shape index (κ3) is 5.43. The van der Waals surface area contributed by atoms with Gasteiger partial charge in [0.2, 0.25) is 0 Å². The van der Waals surface area contributed by atoms with Gasteiger partial charge in [-0.05, 0) is 18.8 Å². The van der Waals surface area contributed by atoms with Crippen LogP contribution in [0, 0.1) is 18.3 Å². The van der Waals surface area contributed by atoms with Gasteiger partial charge in [0.15, 0.2) is 0 Å². The summed E-state index contributed by atoms with van der Waals surface area (Å²) in [6, 6.07) is 0. The molecule has 0 heteroatoms. The molecule has 0 amide bonds. The van der Waals surface area contributed by atoms with Gasteiger partial charge in [0.25, 0.3) is 0 Å². The van der Waals surface area contributed by atoms with Crippen LogP contribution in [0.15, 0.2) is 0 Å².